The van der Waals surface area contributed by atoms with E-state index in [2.05, 4.69) is 10.1 Å². The molecular formula is C22H23N5O3. The zero-order chi connectivity index (χ0) is 21.3. The van der Waals surface area contributed by atoms with Gasteiger partial charge >= 0.3 is 5.69 Å². The van der Waals surface area contributed by atoms with Gasteiger partial charge in [0.25, 0.3) is 5.91 Å². The summed E-state index contributed by atoms with van der Waals surface area (Å²) in [6, 6.07) is 11.4. The third-order valence-electron chi connectivity index (χ3n) is 5.66. The number of carbonyl (C=O) groups excluding carboxylic acids is 1. The average Bonchev–Trinajstić information content (AvgIpc) is 3.33. The Kier molecular flexibility index (Phi) is 5.31. The molecule has 2 aromatic heterocycles. The van der Waals surface area contributed by atoms with Crippen LogP contribution in [0.4, 0.5) is 5.69 Å². The largest absolute Gasteiger partial charge is 0.332 e. The number of aromatic nitrogens is 3. The first kappa shape index (κ1) is 19.8. The number of nitrogens with zero attached hydrogens (tertiary/aromatic N) is 5. The Hall–Kier alpha value is -3.55. The van der Waals surface area contributed by atoms with Gasteiger partial charge in [-0.15, -0.1) is 0 Å². The van der Waals surface area contributed by atoms with Crippen molar-refractivity contribution in [3.8, 4) is 0 Å². The van der Waals surface area contributed by atoms with Gasteiger partial charge < -0.3 is 4.90 Å². The molecule has 3 heterocycles. The summed E-state index contributed by atoms with van der Waals surface area (Å²) in [6.07, 6.45) is 5.45. The lowest BCUT2D eigenvalue weighted by Crippen LogP contribution is -2.30. The Bertz CT molecular complexity index is 1080. The first-order valence-electron chi connectivity index (χ1n) is 9.94. The van der Waals surface area contributed by atoms with Gasteiger partial charge in [0.15, 0.2) is 0 Å². The summed E-state index contributed by atoms with van der Waals surface area (Å²) >= 11 is 0. The van der Waals surface area contributed by atoms with Gasteiger partial charge in [-0.1, -0.05) is 12.1 Å². The molecule has 0 aliphatic carbocycles. The zero-order valence-corrected chi connectivity index (χ0v) is 17.0. The Morgan fingerprint density at radius 2 is 1.87 bits per heavy atom. The third-order valence-corrected chi connectivity index (χ3v) is 5.66. The zero-order valence-electron chi connectivity index (χ0n) is 17.0. The lowest BCUT2D eigenvalue weighted by Gasteiger charge is -2.25. The van der Waals surface area contributed by atoms with Gasteiger partial charge in [0.2, 0.25) is 0 Å². The maximum absolute atomic E-state index is 13.1. The molecule has 1 amide bonds. The fraction of sp³-hybridized carbons (Fsp3) is 0.318. The molecule has 1 aliphatic rings. The topological polar surface area (TPSA) is 94.2 Å². The number of hydrogen-bond acceptors (Lipinski definition) is 5. The summed E-state index contributed by atoms with van der Waals surface area (Å²) in [7, 11) is 0. The molecule has 8 heteroatoms. The van der Waals surface area contributed by atoms with Crippen LogP contribution in [-0.2, 0) is 6.54 Å². The molecule has 30 heavy (non-hydrogen) atoms. The Morgan fingerprint density at radius 1 is 1.17 bits per heavy atom. The normalized spacial score (nSPS) is 16.1. The van der Waals surface area contributed by atoms with E-state index in [1.165, 1.54) is 0 Å². The molecule has 1 aliphatic heterocycles. The van der Waals surface area contributed by atoms with Gasteiger partial charge in [-0.05, 0) is 62.1 Å². The SMILES string of the molecule is Cc1nn(Cc2ccc(C(=O)N3CCCC3c3ccncc3)cc2)c(C)c1[N+](=O)[O-]. The molecule has 154 valence electrons. The van der Waals surface area contributed by atoms with Crippen molar-refractivity contribution >= 4 is 11.6 Å². The molecule has 1 unspecified atom stereocenters. The summed E-state index contributed by atoms with van der Waals surface area (Å²) < 4.78 is 1.63. The molecular weight excluding hydrogens is 382 g/mol. The molecule has 8 nitrogen and oxygen atoms in total. The molecule has 1 fully saturated rings. The van der Waals surface area contributed by atoms with Crippen molar-refractivity contribution in [3.05, 3.63) is 87.0 Å². The predicted octanol–water partition coefficient (Wildman–Crippen LogP) is 3.83. The van der Waals surface area contributed by atoms with E-state index < -0.39 is 4.92 Å². The minimum atomic E-state index is -0.398. The van der Waals surface area contributed by atoms with Crippen LogP contribution in [0.25, 0.3) is 0 Å². The maximum atomic E-state index is 13.1. The van der Waals surface area contributed by atoms with E-state index in [1.54, 1.807) is 30.9 Å². The van der Waals surface area contributed by atoms with Crippen LogP contribution >= 0.6 is 0 Å². The van der Waals surface area contributed by atoms with Crippen LogP contribution < -0.4 is 0 Å². The fourth-order valence-corrected chi connectivity index (χ4v) is 4.14. The smallest absolute Gasteiger partial charge is 0.312 e. The number of carbonyl (C=O) groups is 1. The highest BCUT2D eigenvalue weighted by atomic mass is 16.6. The van der Waals surface area contributed by atoms with Gasteiger partial charge in [0.05, 0.1) is 17.5 Å². The maximum Gasteiger partial charge on any atom is 0.312 e. The van der Waals surface area contributed by atoms with E-state index in [4.69, 9.17) is 0 Å². The van der Waals surface area contributed by atoms with Crippen LogP contribution in [0, 0.1) is 24.0 Å². The van der Waals surface area contributed by atoms with Crippen molar-refractivity contribution in [2.24, 2.45) is 0 Å². The summed E-state index contributed by atoms with van der Waals surface area (Å²) in [5.74, 6) is 0.0163. The molecule has 0 spiro atoms. The minimum Gasteiger partial charge on any atom is -0.332 e. The second kappa shape index (κ2) is 8.06. The van der Waals surface area contributed by atoms with E-state index in [0.29, 0.717) is 23.5 Å². The molecule has 0 N–H and O–H groups in total. The van der Waals surface area contributed by atoms with E-state index in [-0.39, 0.29) is 17.6 Å². The molecule has 0 bridgehead atoms. The molecule has 3 aromatic rings. The number of nitro groups is 1. The summed E-state index contributed by atoms with van der Waals surface area (Å²) in [6.45, 7) is 4.49. The van der Waals surface area contributed by atoms with E-state index >= 15 is 0 Å². The molecule has 1 atom stereocenters. The number of aryl methyl sites for hydroxylation is 1. The van der Waals surface area contributed by atoms with Crippen LogP contribution in [-0.4, -0.2) is 37.0 Å². The quantitative estimate of drug-likeness (QED) is 0.475. The first-order valence-corrected chi connectivity index (χ1v) is 9.94. The predicted molar refractivity (Wildman–Crippen MR) is 111 cm³/mol. The summed E-state index contributed by atoms with van der Waals surface area (Å²) in [5, 5.41) is 15.5. The van der Waals surface area contributed by atoms with Crippen LogP contribution in [0.3, 0.4) is 0 Å². The molecule has 1 aromatic carbocycles. The Morgan fingerprint density at radius 3 is 2.50 bits per heavy atom. The van der Waals surface area contributed by atoms with Crippen molar-refractivity contribution in [1.82, 2.24) is 19.7 Å². The van der Waals surface area contributed by atoms with Crippen LogP contribution in [0.2, 0.25) is 0 Å². The highest BCUT2D eigenvalue weighted by Crippen LogP contribution is 2.32. The second-order valence-corrected chi connectivity index (χ2v) is 7.57. The van der Waals surface area contributed by atoms with E-state index in [0.717, 1.165) is 30.5 Å². The molecule has 1 saturated heterocycles. The number of rotatable bonds is 5. The van der Waals surface area contributed by atoms with Gasteiger partial charge in [-0.25, -0.2) is 0 Å². The standard InChI is InChI=1S/C22H23N5O3/c1-15-21(27(29)30)16(2)26(24-15)14-17-5-7-19(8-6-17)22(28)25-13-3-4-20(25)18-9-11-23-12-10-18/h5-12,20H,3-4,13-14H2,1-2H3. The molecule has 0 radical (unpaired) electrons. The summed E-state index contributed by atoms with van der Waals surface area (Å²) in [5.41, 5.74) is 3.66. The van der Waals surface area contributed by atoms with Crippen LogP contribution in [0.5, 0.6) is 0 Å². The van der Waals surface area contributed by atoms with Gasteiger partial charge in [0, 0.05) is 24.5 Å². The Balaban J connectivity index is 1.50. The van der Waals surface area contributed by atoms with Crippen molar-refractivity contribution in [2.45, 2.75) is 39.3 Å². The number of benzene rings is 1. The van der Waals surface area contributed by atoms with Gasteiger partial charge in [0.1, 0.15) is 11.4 Å². The van der Waals surface area contributed by atoms with Crippen LogP contribution in [0.1, 0.15) is 51.8 Å². The van der Waals surface area contributed by atoms with Crippen molar-refractivity contribution in [2.75, 3.05) is 6.54 Å². The lowest BCUT2D eigenvalue weighted by atomic mass is 10.0. The summed E-state index contributed by atoms with van der Waals surface area (Å²) in [4.78, 5) is 29.9. The fourth-order valence-electron chi connectivity index (χ4n) is 4.14. The lowest BCUT2D eigenvalue weighted by molar-refractivity contribution is -0.386. The number of amides is 1. The molecule has 4 rings (SSSR count). The van der Waals surface area contributed by atoms with Crippen molar-refractivity contribution in [3.63, 3.8) is 0 Å². The van der Waals surface area contributed by atoms with E-state index in [1.807, 2.05) is 41.3 Å². The Labute approximate surface area is 174 Å². The van der Waals surface area contributed by atoms with E-state index in [9.17, 15) is 14.9 Å². The third kappa shape index (κ3) is 3.68. The molecule has 0 saturated carbocycles. The minimum absolute atomic E-state index is 0.0163. The second-order valence-electron chi connectivity index (χ2n) is 7.57. The van der Waals surface area contributed by atoms with Crippen LogP contribution in [0.15, 0.2) is 48.8 Å². The number of pyridine rings is 1. The number of likely N-dealkylation sites (tertiary alicyclic amines) is 1. The number of hydrogen-bond donors (Lipinski definition) is 0. The van der Waals surface area contributed by atoms with Crippen molar-refractivity contribution < 1.29 is 9.72 Å². The first-order chi connectivity index (χ1) is 14.5. The van der Waals surface area contributed by atoms with Crippen molar-refractivity contribution in [1.29, 1.82) is 0 Å². The van der Waals surface area contributed by atoms with Gasteiger partial charge in [-0.3, -0.25) is 24.6 Å². The highest BCUT2D eigenvalue weighted by Gasteiger charge is 2.30. The monoisotopic (exact) mass is 405 g/mol. The average molecular weight is 405 g/mol. The highest BCUT2D eigenvalue weighted by molar-refractivity contribution is 5.94. The van der Waals surface area contributed by atoms with Gasteiger partial charge in [-0.2, -0.15) is 5.10 Å².